The molecule has 1 fully saturated rings. The quantitative estimate of drug-likeness (QED) is 0.751. The zero-order valence-corrected chi connectivity index (χ0v) is 11.1. The molecule has 0 radical (unpaired) electrons. The fourth-order valence-corrected chi connectivity index (χ4v) is 4.32. The Hall–Kier alpha value is -0.820. The van der Waals surface area contributed by atoms with Gasteiger partial charge in [-0.2, -0.15) is 0 Å². The van der Waals surface area contributed by atoms with Crippen LogP contribution in [-0.4, -0.2) is 24.5 Å². The lowest BCUT2D eigenvalue weighted by Crippen LogP contribution is -2.44. The minimum absolute atomic E-state index is 0.471. The molecule has 2 unspecified atom stereocenters. The van der Waals surface area contributed by atoms with Crippen LogP contribution in [0.3, 0.4) is 0 Å². The average Bonchev–Trinajstić information content (AvgIpc) is 2.68. The molecule has 1 heteroatoms. The molecule has 1 aliphatic heterocycles. The molecule has 2 atom stereocenters. The highest BCUT2D eigenvalue weighted by Gasteiger charge is 2.48. The summed E-state index contributed by atoms with van der Waals surface area (Å²) >= 11 is 0. The van der Waals surface area contributed by atoms with Gasteiger partial charge in [0, 0.05) is 11.5 Å². The van der Waals surface area contributed by atoms with Crippen molar-refractivity contribution >= 4 is 0 Å². The fraction of sp³-hybridized carbons (Fsp3) is 0.625. The van der Waals surface area contributed by atoms with Crippen molar-refractivity contribution in [3.8, 4) is 0 Å². The van der Waals surface area contributed by atoms with Crippen molar-refractivity contribution in [3.63, 3.8) is 0 Å². The van der Waals surface area contributed by atoms with Crippen LogP contribution in [0.15, 0.2) is 24.3 Å². The SMILES string of the molecule is CCCC12CCN(C)C1CCc1ccccc12. The van der Waals surface area contributed by atoms with Gasteiger partial charge in [-0.25, -0.2) is 0 Å². The molecule has 17 heavy (non-hydrogen) atoms. The molecule has 2 aliphatic rings. The van der Waals surface area contributed by atoms with Crippen LogP contribution in [0.5, 0.6) is 0 Å². The van der Waals surface area contributed by atoms with E-state index in [0.717, 1.165) is 6.04 Å². The molecule has 3 rings (SSSR count). The molecule has 0 saturated carbocycles. The molecule has 1 heterocycles. The molecule has 0 bridgehead atoms. The van der Waals surface area contributed by atoms with Gasteiger partial charge < -0.3 is 4.90 Å². The van der Waals surface area contributed by atoms with Gasteiger partial charge in [-0.15, -0.1) is 0 Å². The van der Waals surface area contributed by atoms with Gasteiger partial charge in [0.15, 0.2) is 0 Å². The van der Waals surface area contributed by atoms with Crippen molar-refractivity contribution in [2.45, 2.75) is 50.5 Å². The van der Waals surface area contributed by atoms with Crippen molar-refractivity contribution in [3.05, 3.63) is 35.4 Å². The average molecular weight is 229 g/mol. The molecule has 1 saturated heterocycles. The first kappa shape index (κ1) is 11.3. The number of aryl methyl sites for hydroxylation is 1. The summed E-state index contributed by atoms with van der Waals surface area (Å²) in [5, 5.41) is 0. The fourth-order valence-electron chi connectivity index (χ4n) is 4.32. The first-order valence-corrected chi connectivity index (χ1v) is 7.06. The number of likely N-dealkylation sites (tertiary alicyclic amines) is 1. The van der Waals surface area contributed by atoms with Crippen molar-refractivity contribution in [1.29, 1.82) is 0 Å². The topological polar surface area (TPSA) is 3.24 Å². The third-order valence-electron chi connectivity index (χ3n) is 5.02. The van der Waals surface area contributed by atoms with E-state index in [1.807, 2.05) is 0 Å². The summed E-state index contributed by atoms with van der Waals surface area (Å²) in [5.74, 6) is 0. The van der Waals surface area contributed by atoms with Crippen molar-refractivity contribution < 1.29 is 0 Å². The lowest BCUT2D eigenvalue weighted by Gasteiger charge is -2.43. The maximum Gasteiger partial charge on any atom is 0.0193 e. The van der Waals surface area contributed by atoms with Crippen LogP contribution in [-0.2, 0) is 11.8 Å². The smallest absolute Gasteiger partial charge is 0.0193 e. The molecule has 1 aliphatic carbocycles. The minimum atomic E-state index is 0.471. The molecule has 0 amide bonds. The van der Waals surface area contributed by atoms with Crippen molar-refractivity contribution in [2.24, 2.45) is 0 Å². The summed E-state index contributed by atoms with van der Waals surface area (Å²) in [6.07, 6.45) is 6.65. The molecule has 1 aromatic rings. The van der Waals surface area contributed by atoms with E-state index in [-0.39, 0.29) is 0 Å². The first-order valence-electron chi connectivity index (χ1n) is 7.06. The summed E-state index contributed by atoms with van der Waals surface area (Å²) in [6, 6.07) is 9.98. The Bertz CT molecular complexity index is 408. The Balaban J connectivity index is 2.10. The first-order chi connectivity index (χ1) is 8.28. The van der Waals surface area contributed by atoms with Crippen LogP contribution in [0.2, 0.25) is 0 Å². The highest BCUT2D eigenvalue weighted by atomic mass is 15.2. The summed E-state index contributed by atoms with van der Waals surface area (Å²) < 4.78 is 0. The zero-order chi connectivity index (χ0) is 11.9. The monoisotopic (exact) mass is 229 g/mol. The van der Waals surface area contributed by atoms with E-state index in [1.54, 1.807) is 11.1 Å². The second-order valence-electron chi connectivity index (χ2n) is 5.85. The van der Waals surface area contributed by atoms with Crippen LogP contribution in [0.4, 0.5) is 0 Å². The minimum Gasteiger partial charge on any atom is -0.302 e. The highest BCUT2D eigenvalue weighted by molar-refractivity contribution is 5.40. The molecular weight excluding hydrogens is 206 g/mol. The van der Waals surface area contributed by atoms with Gasteiger partial charge in [0.25, 0.3) is 0 Å². The Kier molecular flexibility index (Phi) is 2.74. The van der Waals surface area contributed by atoms with Crippen molar-refractivity contribution in [1.82, 2.24) is 4.90 Å². The van der Waals surface area contributed by atoms with Crippen LogP contribution >= 0.6 is 0 Å². The highest BCUT2D eigenvalue weighted by Crippen LogP contribution is 2.48. The number of hydrogen-bond donors (Lipinski definition) is 0. The number of fused-ring (bicyclic) bond motifs is 3. The number of benzene rings is 1. The second kappa shape index (κ2) is 4.13. The summed E-state index contributed by atoms with van der Waals surface area (Å²) in [4.78, 5) is 2.60. The van der Waals surface area contributed by atoms with E-state index in [0.29, 0.717) is 5.41 Å². The van der Waals surface area contributed by atoms with E-state index in [2.05, 4.69) is 43.1 Å². The third-order valence-corrected chi connectivity index (χ3v) is 5.02. The number of hydrogen-bond acceptors (Lipinski definition) is 1. The number of likely N-dealkylation sites (N-methyl/N-ethyl adjacent to an activating group) is 1. The van der Waals surface area contributed by atoms with E-state index >= 15 is 0 Å². The largest absolute Gasteiger partial charge is 0.302 e. The predicted octanol–water partition coefficient (Wildman–Crippen LogP) is 3.37. The molecule has 0 spiro atoms. The van der Waals surface area contributed by atoms with Crippen LogP contribution in [0.25, 0.3) is 0 Å². The Morgan fingerprint density at radius 2 is 2.18 bits per heavy atom. The summed E-state index contributed by atoms with van der Waals surface area (Å²) in [5.41, 5.74) is 3.76. The van der Waals surface area contributed by atoms with Gasteiger partial charge >= 0.3 is 0 Å². The van der Waals surface area contributed by atoms with E-state index in [4.69, 9.17) is 0 Å². The van der Waals surface area contributed by atoms with E-state index in [1.165, 1.54) is 38.6 Å². The molecule has 0 aromatic heterocycles. The second-order valence-corrected chi connectivity index (χ2v) is 5.85. The van der Waals surface area contributed by atoms with Crippen molar-refractivity contribution in [2.75, 3.05) is 13.6 Å². The lowest BCUT2D eigenvalue weighted by molar-refractivity contribution is 0.206. The molecule has 1 nitrogen and oxygen atoms in total. The predicted molar refractivity (Wildman–Crippen MR) is 72.4 cm³/mol. The zero-order valence-electron chi connectivity index (χ0n) is 11.1. The van der Waals surface area contributed by atoms with Crippen LogP contribution in [0, 0.1) is 0 Å². The van der Waals surface area contributed by atoms with Gasteiger partial charge in [-0.3, -0.25) is 0 Å². The number of rotatable bonds is 2. The Labute approximate surface area is 105 Å². The summed E-state index contributed by atoms with van der Waals surface area (Å²) in [6.45, 7) is 3.61. The summed E-state index contributed by atoms with van der Waals surface area (Å²) in [7, 11) is 2.32. The van der Waals surface area contributed by atoms with Gasteiger partial charge in [0.2, 0.25) is 0 Å². The van der Waals surface area contributed by atoms with Crippen LogP contribution in [0.1, 0.15) is 43.7 Å². The maximum absolute atomic E-state index is 2.60. The Morgan fingerprint density at radius 3 is 3.00 bits per heavy atom. The van der Waals surface area contributed by atoms with Gasteiger partial charge in [0.05, 0.1) is 0 Å². The van der Waals surface area contributed by atoms with E-state index < -0.39 is 0 Å². The van der Waals surface area contributed by atoms with Gasteiger partial charge in [-0.05, 0) is 50.4 Å². The van der Waals surface area contributed by atoms with Gasteiger partial charge in [-0.1, -0.05) is 37.6 Å². The molecular formula is C16H23N. The van der Waals surface area contributed by atoms with E-state index in [9.17, 15) is 0 Å². The molecule has 1 aromatic carbocycles. The Morgan fingerprint density at radius 1 is 1.35 bits per heavy atom. The van der Waals surface area contributed by atoms with Gasteiger partial charge in [0.1, 0.15) is 0 Å². The molecule has 92 valence electrons. The standard InChI is InChI=1S/C16H23N/c1-3-10-16-11-12-17(2)15(16)9-8-13-6-4-5-7-14(13)16/h4-7,15H,3,8-12H2,1-2H3. The third kappa shape index (κ3) is 1.55. The number of nitrogens with zero attached hydrogens (tertiary/aromatic N) is 1. The normalized spacial score (nSPS) is 32.2. The maximum atomic E-state index is 2.60. The van der Waals surface area contributed by atoms with Crippen LogP contribution < -0.4 is 0 Å². The lowest BCUT2D eigenvalue weighted by atomic mass is 9.64. The molecule has 0 N–H and O–H groups in total.